The normalized spacial score (nSPS) is 10.6. The average molecular weight is 126 g/mol. The molecule has 0 aliphatic heterocycles. The molecular formula is C6H12N3+. The molecule has 9 heavy (non-hydrogen) atoms. The van der Waals surface area contributed by atoms with Gasteiger partial charge in [-0.15, -0.1) is 0 Å². The minimum atomic E-state index is 0.965. The number of quaternary nitrogens is 1. The van der Waals surface area contributed by atoms with Gasteiger partial charge in [0, 0.05) is 12.4 Å². The molecule has 1 heterocycles. The van der Waals surface area contributed by atoms with E-state index in [1.165, 1.54) is 4.90 Å². The Labute approximate surface area is 54.7 Å². The molecule has 0 saturated heterocycles. The Bertz CT molecular complexity index is 155. The number of H-pyrrole nitrogens is 1. The molecule has 0 unspecified atom stereocenters. The van der Waals surface area contributed by atoms with Gasteiger partial charge in [-0.25, -0.2) is 4.98 Å². The molecule has 0 atom stereocenters. The van der Waals surface area contributed by atoms with E-state index in [4.69, 9.17) is 0 Å². The van der Waals surface area contributed by atoms with Gasteiger partial charge in [-0.05, 0) is 0 Å². The van der Waals surface area contributed by atoms with Gasteiger partial charge in [0.25, 0.3) is 0 Å². The molecule has 0 spiro atoms. The van der Waals surface area contributed by atoms with Crippen LogP contribution in [0.15, 0.2) is 12.4 Å². The molecule has 3 heteroatoms. The minimum absolute atomic E-state index is 0.965. The maximum Gasteiger partial charge on any atom is 0.161 e. The van der Waals surface area contributed by atoms with E-state index in [1.807, 2.05) is 6.20 Å². The lowest BCUT2D eigenvalue weighted by atomic mass is 10.6. The van der Waals surface area contributed by atoms with E-state index in [9.17, 15) is 0 Å². The highest BCUT2D eigenvalue weighted by atomic mass is 15.1. The standard InChI is InChI=1S/C6H11N3/c1-9(2)5-6-7-3-4-8-6/h3-4H,5H2,1-2H3,(H,7,8)/p+1. The van der Waals surface area contributed by atoms with Crippen molar-refractivity contribution in [2.24, 2.45) is 0 Å². The summed E-state index contributed by atoms with van der Waals surface area (Å²) in [4.78, 5) is 8.50. The predicted molar refractivity (Wildman–Crippen MR) is 35.1 cm³/mol. The van der Waals surface area contributed by atoms with E-state index < -0.39 is 0 Å². The lowest BCUT2D eigenvalue weighted by Gasteiger charge is -2.02. The number of aromatic nitrogens is 2. The molecule has 0 aliphatic carbocycles. The number of nitrogens with zero attached hydrogens (tertiary/aromatic N) is 1. The zero-order chi connectivity index (χ0) is 6.69. The fourth-order valence-electron chi connectivity index (χ4n) is 0.730. The third kappa shape index (κ3) is 1.85. The summed E-state index contributed by atoms with van der Waals surface area (Å²) in [5.41, 5.74) is 0. The van der Waals surface area contributed by atoms with Gasteiger partial charge < -0.3 is 9.88 Å². The number of hydrogen-bond donors (Lipinski definition) is 2. The van der Waals surface area contributed by atoms with Crippen LogP contribution >= 0.6 is 0 Å². The number of nitrogens with one attached hydrogen (secondary N) is 2. The van der Waals surface area contributed by atoms with Crippen LogP contribution in [0.3, 0.4) is 0 Å². The Balaban J connectivity index is 2.48. The van der Waals surface area contributed by atoms with Crippen molar-refractivity contribution < 1.29 is 4.90 Å². The average Bonchev–Trinajstić information content (AvgIpc) is 2.15. The van der Waals surface area contributed by atoms with Crippen molar-refractivity contribution in [3.8, 4) is 0 Å². The summed E-state index contributed by atoms with van der Waals surface area (Å²) < 4.78 is 0. The van der Waals surface area contributed by atoms with E-state index in [0.717, 1.165) is 12.4 Å². The second kappa shape index (κ2) is 2.64. The zero-order valence-electron chi connectivity index (χ0n) is 5.81. The zero-order valence-corrected chi connectivity index (χ0v) is 5.81. The van der Waals surface area contributed by atoms with Gasteiger partial charge in [0.1, 0.15) is 6.54 Å². The van der Waals surface area contributed by atoms with E-state index >= 15 is 0 Å². The number of imidazole rings is 1. The quantitative estimate of drug-likeness (QED) is 0.526. The van der Waals surface area contributed by atoms with Crippen LogP contribution in [-0.2, 0) is 6.54 Å². The highest BCUT2D eigenvalue weighted by Gasteiger charge is 1.96. The van der Waals surface area contributed by atoms with Crippen molar-refractivity contribution >= 4 is 0 Å². The van der Waals surface area contributed by atoms with Crippen molar-refractivity contribution in [2.75, 3.05) is 14.1 Å². The molecule has 1 aromatic rings. The molecule has 0 radical (unpaired) electrons. The van der Waals surface area contributed by atoms with Crippen LogP contribution in [-0.4, -0.2) is 24.1 Å². The molecular weight excluding hydrogens is 114 g/mol. The first kappa shape index (κ1) is 6.29. The van der Waals surface area contributed by atoms with Crippen LogP contribution < -0.4 is 4.90 Å². The SMILES string of the molecule is C[NH+](C)Cc1ncc[nH]1. The largest absolute Gasteiger partial charge is 0.344 e. The summed E-state index contributed by atoms with van der Waals surface area (Å²) in [5, 5.41) is 0. The van der Waals surface area contributed by atoms with Gasteiger partial charge in [0.05, 0.1) is 14.1 Å². The van der Waals surface area contributed by atoms with Gasteiger partial charge in [-0.2, -0.15) is 0 Å². The first-order valence-corrected chi connectivity index (χ1v) is 3.06. The fourth-order valence-corrected chi connectivity index (χ4v) is 0.730. The van der Waals surface area contributed by atoms with Gasteiger partial charge in [-0.3, -0.25) is 0 Å². The molecule has 1 aromatic heterocycles. The van der Waals surface area contributed by atoms with Crippen molar-refractivity contribution in [2.45, 2.75) is 6.54 Å². The Hall–Kier alpha value is -0.830. The summed E-state index contributed by atoms with van der Waals surface area (Å²) in [7, 11) is 4.20. The molecule has 0 aromatic carbocycles. The van der Waals surface area contributed by atoms with Crippen molar-refractivity contribution in [3.05, 3.63) is 18.2 Å². The van der Waals surface area contributed by atoms with Crippen LogP contribution in [0.25, 0.3) is 0 Å². The second-order valence-corrected chi connectivity index (χ2v) is 2.42. The third-order valence-electron chi connectivity index (χ3n) is 1.08. The Morgan fingerprint density at radius 3 is 2.89 bits per heavy atom. The topological polar surface area (TPSA) is 33.1 Å². The first-order chi connectivity index (χ1) is 4.29. The van der Waals surface area contributed by atoms with Crippen LogP contribution in [0, 0.1) is 0 Å². The summed E-state index contributed by atoms with van der Waals surface area (Å²) in [6.07, 6.45) is 3.62. The van der Waals surface area contributed by atoms with Gasteiger partial charge in [-0.1, -0.05) is 0 Å². The van der Waals surface area contributed by atoms with Crippen molar-refractivity contribution in [1.29, 1.82) is 0 Å². The first-order valence-electron chi connectivity index (χ1n) is 3.06. The molecule has 0 amide bonds. The van der Waals surface area contributed by atoms with E-state index in [0.29, 0.717) is 0 Å². The highest BCUT2D eigenvalue weighted by molar-refractivity contribution is 4.83. The monoisotopic (exact) mass is 126 g/mol. The van der Waals surface area contributed by atoms with Crippen molar-refractivity contribution in [3.63, 3.8) is 0 Å². The fraction of sp³-hybridized carbons (Fsp3) is 0.500. The van der Waals surface area contributed by atoms with Gasteiger partial charge >= 0.3 is 0 Å². The lowest BCUT2D eigenvalue weighted by Crippen LogP contribution is -3.04. The van der Waals surface area contributed by atoms with E-state index in [1.54, 1.807) is 6.20 Å². The van der Waals surface area contributed by atoms with Crippen LogP contribution in [0.4, 0.5) is 0 Å². The number of rotatable bonds is 2. The molecule has 0 fully saturated rings. The molecule has 2 N–H and O–H groups in total. The summed E-state index contributed by atoms with van der Waals surface area (Å²) in [6.45, 7) is 0.965. The van der Waals surface area contributed by atoms with Gasteiger partial charge in [0.2, 0.25) is 0 Å². The second-order valence-electron chi connectivity index (χ2n) is 2.42. The molecule has 0 aliphatic rings. The maximum atomic E-state index is 4.08. The predicted octanol–water partition coefficient (Wildman–Crippen LogP) is -0.946. The van der Waals surface area contributed by atoms with E-state index in [2.05, 4.69) is 24.1 Å². The number of hydrogen-bond acceptors (Lipinski definition) is 1. The van der Waals surface area contributed by atoms with Crippen LogP contribution in [0.2, 0.25) is 0 Å². The van der Waals surface area contributed by atoms with Crippen LogP contribution in [0.1, 0.15) is 5.82 Å². The molecule has 0 saturated carbocycles. The maximum absolute atomic E-state index is 4.08. The van der Waals surface area contributed by atoms with E-state index in [-0.39, 0.29) is 0 Å². The number of aromatic amines is 1. The highest BCUT2D eigenvalue weighted by Crippen LogP contribution is 1.81. The van der Waals surface area contributed by atoms with Crippen LogP contribution in [0.5, 0.6) is 0 Å². The van der Waals surface area contributed by atoms with Crippen molar-refractivity contribution in [1.82, 2.24) is 9.97 Å². The minimum Gasteiger partial charge on any atom is -0.344 e. The Kier molecular flexibility index (Phi) is 1.85. The molecule has 50 valence electrons. The van der Waals surface area contributed by atoms with Gasteiger partial charge in [0.15, 0.2) is 5.82 Å². The smallest absolute Gasteiger partial charge is 0.161 e. The third-order valence-corrected chi connectivity index (χ3v) is 1.08. The summed E-state index contributed by atoms with van der Waals surface area (Å²) in [6, 6.07) is 0. The summed E-state index contributed by atoms with van der Waals surface area (Å²) in [5.74, 6) is 1.05. The summed E-state index contributed by atoms with van der Waals surface area (Å²) >= 11 is 0. The molecule has 1 rings (SSSR count). The Morgan fingerprint density at radius 2 is 2.44 bits per heavy atom. The molecule has 3 nitrogen and oxygen atoms in total. The molecule has 0 bridgehead atoms. The Morgan fingerprint density at radius 1 is 1.67 bits per heavy atom. The lowest BCUT2D eigenvalue weighted by molar-refractivity contribution is -0.873.